The SMILES string of the molecule is NCCc1ccc(OCC2OCCc3ccccc32)cn1. The highest BCUT2D eigenvalue weighted by Crippen LogP contribution is 2.27. The van der Waals surface area contributed by atoms with Crippen molar-refractivity contribution in [3.63, 3.8) is 0 Å². The van der Waals surface area contributed by atoms with Gasteiger partial charge in [0.1, 0.15) is 18.5 Å². The van der Waals surface area contributed by atoms with E-state index in [4.69, 9.17) is 15.2 Å². The van der Waals surface area contributed by atoms with Crippen molar-refractivity contribution in [1.29, 1.82) is 0 Å². The number of benzene rings is 1. The van der Waals surface area contributed by atoms with E-state index >= 15 is 0 Å². The Kier molecular flexibility index (Phi) is 4.48. The van der Waals surface area contributed by atoms with Crippen molar-refractivity contribution in [2.45, 2.75) is 18.9 Å². The van der Waals surface area contributed by atoms with Gasteiger partial charge in [0.15, 0.2) is 0 Å². The molecule has 1 aliphatic heterocycles. The van der Waals surface area contributed by atoms with Crippen LogP contribution in [0.4, 0.5) is 0 Å². The van der Waals surface area contributed by atoms with E-state index in [1.54, 1.807) is 6.20 Å². The zero-order valence-electron chi connectivity index (χ0n) is 12.0. The van der Waals surface area contributed by atoms with E-state index in [1.807, 2.05) is 18.2 Å². The van der Waals surface area contributed by atoms with Crippen molar-refractivity contribution < 1.29 is 9.47 Å². The Balaban J connectivity index is 1.63. The summed E-state index contributed by atoms with van der Waals surface area (Å²) in [6.07, 6.45) is 3.51. The van der Waals surface area contributed by atoms with Gasteiger partial charge >= 0.3 is 0 Å². The summed E-state index contributed by atoms with van der Waals surface area (Å²) in [7, 11) is 0. The Morgan fingerprint density at radius 1 is 1.24 bits per heavy atom. The van der Waals surface area contributed by atoms with E-state index in [0.717, 1.165) is 30.9 Å². The molecule has 2 heterocycles. The van der Waals surface area contributed by atoms with Crippen LogP contribution in [0.5, 0.6) is 5.75 Å². The van der Waals surface area contributed by atoms with Crippen LogP contribution in [0.1, 0.15) is 22.9 Å². The molecule has 0 spiro atoms. The molecule has 4 nitrogen and oxygen atoms in total. The number of hydrogen-bond acceptors (Lipinski definition) is 4. The quantitative estimate of drug-likeness (QED) is 0.915. The van der Waals surface area contributed by atoms with Gasteiger partial charge in [-0.15, -0.1) is 0 Å². The van der Waals surface area contributed by atoms with Crippen molar-refractivity contribution >= 4 is 0 Å². The topological polar surface area (TPSA) is 57.4 Å². The third-order valence-electron chi connectivity index (χ3n) is 3.69. The Morgan fingerprint density at radius 3 is 2.95 bits per heavy atom. The first-order valence-electron chi connectivity index (χ1n) is 7.34. The third kappa shape index (κ3) is 3.40. The van der Waals surface area contributed by atoms with Crippen LogP contribution in [0, 0.1) is 0 Å². The Labute approximate surface area is 124 Å². The molecule has 1 unspecified atom stereocenters. The van der Waals surface area contributed by atoms with Crippen LogP contribution in [-0.2, 0) is 17.6 Å². The van der Waals surface area contributed by atoms with Crippen molar-refractivity contribution in [2.24, 2.45) is 5.73 Å². The molecular weight excluding hydrogens is 264 g/mol. The monoisotopic (exact) mass is 284 g/mol. The molecule has 2 aromatic rings. The van der Waals surface area contributed by atoms with Gasteiger partial charge in [-0.1, -0.05) is 24.3 Å². The number of ether oxygens (including phenoxy) is 2. The average molecular weight is 284 g/mol. The highest BCUT2D eigenvalue weighted by Gasteiger charge is 2.20. The maximum absolute atomic E-state index is 5.83. The molecule has 1 atom stereocenters. The second-order valence-corrected chi connectivity index (χ2v) is 5.14. The van der Waals surface area contributed by atoms with Gasteiger partial charge in [-0.2, -0.15) is 0 Å². The first-order chi connectivity index (χ1) is 10.4. The predicted octanol–water partition coefficient (Wildman–Crippen LogP) is 2.28. The molecule has 0 fully saturated rings. The number of pyridine rings is 1. The van der Waals surface area contributed by atoms with Crippen LogP contribution in [-0.4, -0.2) is 24.7 Å². The molecule has 1 aromatic heterocycles. The number of aromatic nitrogens is 1. The maximum Gasteiger partial charge on any atom is 0.137 e. The molecule has 0 amide bonds. The molecule has 0 saturated carbocycles. The summed E-state index contributed by atoms with van der Waals surface area (Å²) in [5.41, 5.74) is 9.09. The van der Waals surface area contributed by atoms with Crippen molar-refractivity contribution in [3.05, 3.63) is 59.4 Å². The van der Waals surface area contributed by atoms with Gasteiger partial charge in [0.25, 0.3) is 0 Å². The van der Waals surface area contributed by atoms with Gasteiger partial charge < -0.3 is 15.2 Å². The summed E-state index contributed by atoms with van der Waals surface area (Å²) in [4.78, 5) is 4.33. The lowest BCUT2D eigenvalue weighted by Gasteiger charge is -2.26. The Hall–Kier alpha value is -1.91. The number of nitrogens with two attached hydrogens (primary N) is 1. The van der Waals surface area contributed by atoms with Crippen LogP contribution in [0.2, 0.25) is 0 Å². The summed E-state index contributed by atoms with van der Waals surface area (Å²) < 4.78 is 11.6. The lowest BCUT2D eigenvalue weighted by atomic mass is 9.98. The van der Waals surface area contributed by atoms with Crippen LogP contribution < -0.4 is 10.5 Å². The number of rotatable bonds is 5. The second-order valence-electron chi connectivity index (χ2n) is 5.14. The van der Waals surface area contributed by atoms with E-state index in [-0.39, 0.29) is 6.10 Å². The minimum atomic E-state index is -0.00123. The fourth-order valence-corrected chi connectivity index (χ4v) is 2.58. The van der Waals surface area contributed by atoms with Gasteiger partial charge in [-0.3, -0.25) is 4.98 Å². The Morgan fingerprint density at radius 2 is 2.14 bits per heavy atom. The number of hydrogen-bond donors (Lipinski definition) is 1. The van der Waals surface area contributed by atoms with E-state index in [1.165, 1.54) is 11.1 Å². The fraction of sp³-hybridized carbons (Fsp3) is 0.353. The van der Waals surface area contributed by atoms with Crippen LogP contribution in [0.15, 0.2) is 42.6 Å². The number of fused-ring (bicyclic) bond motifs is 1. The van der Waals surface area contributed by atoms with Crippen molar-refractivity contribution in [2.75, 3.05) is 19.8 Å². The Bertz CT molecular complexity index is 584. The van der Waals surface area contributed by atoms with E-state index in [0.29, 0.717) is 13.2 Å². The fourth-order valence-electron chi connectivity index (χ4n) is 2.58. The van der Waals surface area contributed by atoms with E-state index < -0.39 is 0 Å². The normalized spacial score (nSPS) is 17.3. The van der Waals surface area contributed by atoms with Gasteiger partial charge in [-0.25, -0.2) is 0 Å². The third-order valence-corrected chi connectivity index (χ3v) is 3.69. The highest BCUT2D eigenvalue weighted by atomic mass is 16.5. The molecule has 21 heavy (non-hydrogen) atoms. The molecule has 0 aliphatic carbocycles. The van der Waals surface area contributed by atoms with Crippen LogP contribution in [0.3, 0.4) is 0 Å². The predicted molar refractivity (Wildman–Crippen MR) is 81.3 cm³/mol. The summed E-state index contributed by atoms with van der Waals surface area (Å²) in [6, 6.07) is 12.3. The zero-order valence-corrected chi connectivity index (χ0v) is 12.0. The standard InChI is InChI=1S/C17H20N2O2/c18-9-7-14-5-6-15(11-19-14)21-12-17-16-4-2-1-3-13(16)8-10-20-17/h1-6,11,17H,7-10,12,18H2. The summed E-state index contributed by atoms with van der Waals surface area (Å²) >= 11 is 0. The summed E-state index contributed by atoms with van der Waals surface area (Å²) in [6.45, 7) is 1.87. The minimum Gasteiger partial charge on any atom is -0.489 e. The number of nitrogens with zero attached hydrogens (tertiary/aromatic N) is 1. The lowest BCUT2D eigenvalue weighted by Crippen LogP contribution is -2.21. The minimum absolute atomic E-state index is 0.00123. The molecule has 4 heteroatoms. The van der Waals surface area contributed by atoms with E-state index in [9.17, 15) is 0 Å². The molecule has 1 aromatic carbocycles. The molecule has 110 valence electrons. The second kappa shape index (κ2) is 6.70. The first kappa shape index (κ1) is 14.0. The molecular formula is C17H20N2O2. The molecule has 0 bridgehead atoms. The summed E-state index contributed by atoms with van der Waals surface area (Å²) in [5, 5.41) is 0. The largest absolute Gasteiger partial charge is 0.489 e. The maximum atomic E-state index is 5.83. The van der Waals surface area contributed by atoms with Crippen LogP contribution in [0.25, 0.3) is 0 Å². The molecule has 2 N–H and O–H groups in total. The molecule has 1 aliphatic rings. The smallest absolute Gasteiger partial charge is 0.137 e. The van der Waals surface area contributed by atoms with Gasteiger partial charge in [0.05, 0.1) is 12.8 Å². The average Bonchev–Trinajstić information content (AvgIpc) is 2.54. The van der Waals surface area contributed by atoms with Crippen molar-refractivity contribution in [3.8, 4) is 5.75 Å². The molecule has 0 saturated heterocycles. The molecule has 0 radical (unpaired) electrons. The zero-order chi connectivity index (χ0) is 14.5. The van der Waals surface area contributed by atoms with E-state index in [2.05, 4.69) is 23.2 Å². The molecule has 3 rings (SSSR count). The summed E-state index contributed by atoms with van der Waals surface area (Å²) in [5.74, 6) is 0.766. The first-order valence-corrected chi connectivity index (χ1v) is 7.34. The van der Waals surface area contributed by atoms with Gasteiger partial charge in [0, 0.05) is 12.1 Å². The van der Waals surface area contributed by atoms with Crippen LogP contribution >= 0.6 is 0 Å². The van der Waals surface area contributed by atoms with Gasteiger partial charge in [-0.05, 0) is 36.2 Å². The lowest BCUT2D eigenvalue weighted by molar-refractivity contribution is 0.0101. The highest BCUT2D eigenvalue weighted by molar-refractivity contribution is 5.31. The van der Waals surface area contributed by atoms with Crippen molar-refractivity contribution in [1.82, 2.24) is 4.98 Å². The van der Waals surface area contributed by atoms with Gasteiger partial charge in [0.2, 0.25) is 0 Å².